The Labute approximate surface area is 146 Å². The quantitative estimate of drug-likeness (QED) is 0.478. The van der Waals surface area contributed by atoms with E-state index < -0.39 is 0 Å². The van der Waals surface area contributed by atoms with Gasteiger partial charge in [-0.3, -0.25) is 4.79 Å². The molecule has 0 heterocycles. The van der Waals surface area contributed by atoms with Gasteiger partial charge in [-0.25, -0.2) is 0 Å². The van der Waals surface area contributed by atoms with Crippen LogP contribution < -0.4 is 10.2 Å². The van der Waals surface area contributed by atoms with E-state index in [9.17, 15) is 4.79 Å². The van der Waals surface area contributed by atoms with Crippen molar-refractivity contribution >= 4 is 33.2 Å². The second-order valence-electron chi connectivity index (χ2n) is 5.74. The van der Waals surface area contributed by atoms with Gasteiger partial charge in [0.25, 0.3) is 5.91 Å². The molecule has 1 N–H and O–H groups in total. The molecule has 0 radical (unpaired) electrons. The molecule has 0 fully saturated rings. The van der Waals surface area contributed by atoms with E-state index in [1.807, 2.05) is 55.4 Å². The lowest BCUT2D eigenvalue weighted by molar-refractivity contribution is 0.0954. The summed E-state index contributed by atoms with van der Waals surface area (Å²) < 4.78 is 0. The molecule has 0 saturated carbocycles. The number of carbonyl (C=O) groups is 1. The summed E-state index contributed by atoms with van der Waals surface area (Å²) in [7, 11) is 5.15. The van der Waals surface area contributed by atoms with Crippen molar-refractivity contribution in [2.75, 3.05) is 25.5 Å². The molecule has 0 unspecified atom stereocenters. The summed E-state index contributed by atoms with van der Waals surface area (Å²) in [5.41, 5.74) is 3.00. The third kappa shape index (κ3) is 5.02. The Hall–Kier alpha value is -2.47. The maximum Gasteiger partial charge on any atom is 0.253 e. The van der Waals surface area contributed by atoms with Crippen molar-refractivity contribution in [2.24, 2.45) is 10.2 Å². The minimum Gasteiger partial charge on any atom is -0.378 e. The molecule has 126 valence electrons. The van der Waals surface area contributed by atoms with Crippen molar-refractivity contribution in [1.82, 2.24) is 5.32 Å². The lowest BCUT2D eigenvalue weighted by Gasteiger charge is -2.11. The third-order valence-corrected chi connectivity index (χ3v) is 4.31. The minimum absolute atomic E-state index is 0.0948. The molecule has 0 bridgehead atoms. The van der Waals surface area contributed by atoms with Gasteiger partial charge in [0.2, 0.25) is 0 Å². The molecule has 0 spiro atoms. The number of carbonyl (C=O) groups excluding carboxylic acids is 1. The number of hydrogen-bond donors (Lipinski definition) is 1. The van der Waals surface area contributed by atoms with E-state index in [0.717, 1.165) is 28.0 Å². The molecule has 1 amide bonds. The summed E-state index contributed by atoms with van der Waals surface area (Å²) in [6, 6.07) is 16.3. The maximum absolute atomic E-state index is 12.3. The smallest absolute Gasteiger partial charge is 0.253 e. The molecular weight excluding hydrogens is 316 g/mol. The van der Waals surface area contributed by atoms with Crippen LogP contribution in [0.25, 0.3) is 0 Å². The number of anilines is 1. The van der Waals surface area contributed by atoms with Gasteiger partial charge in [-0.2, -0.15) is 5.11 Å². The maximum atomic E-state index is 12.3. The number of nitrogens with one attached hydrogen (secondary N) is 1. The van der Waals surface area contributed by atoms with Crippen LogP contribution in [0.1, 0.15) is 16.8 Å². The Kier molecular flexibility index (Phi) is 6.69. The Morgan fingerprint density at radius 1 is 1.08 bits per heavy atom. The van der Waals surface area contributed by atoms with Gasteiger partial charge >= 0.3 is 0 Å². The van der Waals surface area contributed by atoms with Gasteiger partial charge in [0.1, 0.15) is 0 Å². The topological polar surface area (TPSA) is 57.1 Å². The first-order valence-electron chi connectivity index (χ1n) is 8.18. The molecule has 0 saturated heterocycles. The van der Waals surface area contributed by atoms with Crippen molar-refractivity contribution < 1.29 is 4.79 Å². The van der Waals surface area contributed by atoms with Gasteiger partial charge in [0, 0.05) is 36.6 Å². The molecule has 2 aromatic carbocycles. The first-order chi connectivity index (χ1) is 11.6. The van der Waals surface area contributed by atoms with Crippen LogP contribution in [-0.2, 0) is 0 Å². The van der Waals surface area contributed by atoms with E-state index >= 15 is 0 Å². The molecule has 0 atom stereocenters. The van der Waals surface area contributed by atoms with Crippen molar-refractivity contribution in [1.29, 1.82) is 0 Å². The average Bonchev–Trinajstić information content (AvgIpc) is 2.60. The van der Waals surface area contributed by atoms with Crippen molar-refractivity contribution in [3.05, 3.63) is 54.1 Å². The standard InChI is InChI=1S/C18H24N4OSi/c1-22(2)15-10-8-14(9-11-15)20-21-17-7-4-3-6-16(17)18(23)19-12-5-13-24/h3-4,6-11H,5,12-13H2,1-2,24H3,(H,19,23)/b21-20+. The first-order valence-corrected chi connectivity index (χ1v) is 9.59. The SMILES string of the molecule is CN(C)c1ccc(/N=N/c2ccccc2C(=O)NCCC[SiH3])cc1. The average molecular weight is 341 g/mol. The zero-order valence-electron chi connectivity index (χ0n) is 14.5. The monoisotopic (exact) mass is 340 g/mol. The van der Waals surface area contributed by atoms with E-state index in [-0.39, 0.29) is 5.91 Å². The molecule has 6 heteroatoms. The van der Waals surface area contributed by atoms with Crippen molar-refractivity contribution in [3.63, 3.8) is 0 Å². The highest BCUT2D eigenvalue weighted by Gasteiger charge is 2.09. The number of nitrogens with zero attached hydrogens (tertiary/aromatic N) is 3. The van der Waals surface area contributed by atoms with Gasteiger partial charge in [0.15, 0.2) is 0 Å². The van der Waals surface area contributed by atoms with Crippen LogP contribution >= 0.6 is 0 Å². The lowest BCUT2D eigenvalue weighted by Crippen LogP contribution is -2.24. The molecular formula is C18H24N4OSi. The Morgan fingerprint density at radius 3 is 2.46 bits per heavy atom. The summed E-state index contributed by atoms with van der Waals surface area (Å²) in [5, 5.41) is 11.4. The molecule has 0 aromatic heterocycles. The fourth-order valence-corrected chi connectivity index (χ4v) is 2.51. The van der Waals surface area contributed by atoms with Gasteiger partial charge in [0.05, 0.1) is 16.9 Å². The van der Waals surface area contributed by atoms with Crippen LogP contribution in [0.2, 0.25) is 6.04 Å². The number of azo groups is 1. The van der Waals surface area contributed by atoms with Crippen LogP contribution in [0.3, 0.4) is 0 Å². The first kappa shape index (κ1) is 17.9. The fraction of sp³-hybridized carbons (Fsp3) is 0.278. The van der Waals surface area contributed by atoms with Gasteiger partial charge in [-0.05, 0) is 42.8 Å². The highest BCUT2D eigenvalue weighted by molar-refractivity contribution is 6.08. The predicted molar refractivity (Wildman–Crippen MR) is 103 cm³/mol. The van der Waals surface area contributed by atoms with E-state index in [4.69, 9.17) is 0 Å². The highest BCUT2D eigenvalue weighted by Crippen LogP contribution is 2.23. The number of hydrogen-bond acceptors (Lipinski definition) is 4. The van der Waals surface area contributed by atoms with Crippen LogP contribution in [0.15, 0.2) is 58.8 Å². The van der Waals surface area contributed by atoms with Crippen LogP contribution in [-0.4, -0.2) is 36.8 Å². The Bertz CT molecular complexity index is 698. The minimum atomic E-state index is -0.0948. The molecule has 5 nitrogen and oxygen atoms in total. The second-order valence-corrected chi connectivity index (χ2v) is 6.74. The van der Waals surface area contributed by atoms with Crippen LogP contribution in [0, 0.1) is 0 Å². The van der Waals surface area contributed by atoms with Gasteiger partial charge in [-0.15, -0.1) is 5.11 Å². The van der Waals surface area contributed by atoms with E-state index in [1.54, 1.807) is 12.1 Å². The molecule has 0 aliphatic carbocycles. The Morgan fingerprint density at radius 2 is 1.79 bits per heavy atom. The molecule has 2 aromatic rings. The van der Waals surface area contributed by atoms with E-state index in [2.05, 4.69) is 15.5 Å². The summed E-state index contributed by atoms with van der Waals surface area (Å²) in [4.78, 5) is 14.3. The summed E-state index contributed by atoms with van der Waals surface area (Å²) in [5.74, 6) is -0.0948. The summed E-state index contributed by atoms with van der Waals surface area (Å²) >= 11 is 0. The van der Waals surface area contributed by atoms with Crippen LogP contribution in [0.4, 0.5) is 17.1 Å². The Balaban J connectivity index is 2.13. The fourth-order valence-electron chi connectivity index (χ4n) is 2.16. The van der Waals surface area contributed by atoms with Gasteiger partial charge in [-0.1, -0.05) is 18.2 Å². The summed E-state index contributed by atoms with van der Waals surface area (Å²) in [6.07, 6.45) is 1.03. The van der Waals surface area contributed by atoms with E-state index in [0.29, 0.717) is 17.8 Å². The summed E-state index contributed by atoms with van der Waals surface area (Å²) in [6.45, 7) is 0.708. The second kappa shape index (κ2) is 8.98. The van der Waals surface area contributed by atoms with Crippen molar-refractivity contribution in [2.45, 2.75) is 12.5 Å². The molecule has 2 rings (SSSR count). The van der Waals surface area contributed by atoms with Gasteiger partial charge < -0.3 is 10.2 Å². The largest absolute Gasteiger partial charge is 0.378 e. The lowest BCUT2D eigenvalue weighted by atomic mass is 10.1. The predicted octanol–water partition coefficient (Wildman–Crippen LogP) is 3.07. The molecule has 0 aliphatic heterocycles. The number of amides is 1. The number of benzene rings is 2. The zero-order valence-corrected chi connectivity index (χ0v) is 16.5. The molecule has 24 heavy (non-hydrogen) atoms. The normalized spacial score (nSPS) is 10.9. The number of rotatable bonds is 7. The third-order valence-electron chi connectivity index (χ3n) is 3.60. The van der Waals surface area contributed by atoms with Crippen LogP contribution in [0.5, 0.6) is 0 Å². The highest BCUT2D eigenvalue weighted by atomic mass is 28.1. The molecule has 0 aliphatic rings. The van der Waals surface area contributed by atoms with E-state index in [1.165, 1.54) is 6.04 Å². The van der Waals surface area contributed by atoms with Crippen molar-refractivity contribution in [3.8, 4) is 0 Å². The zero-order chi connectivity index (χ0) is 17.4.